The molecule has 96 valence electrons. The normalized spacial score (nSPS) is 19.5. The van der Waals surface area contributed by atoms with Crippen LogP contribution < -0.4 is 0 Å². The van der Waals surface area contributed by atoms with E-state index in [0.717, 1.165) is 52.4 Å². The maximum absolute atomic E-state index is 8.83. The molecule has 0 aromatic rings. The molecule has 5 nitrogen and oxygen atoms in total. The fourth-order valence-corrected chi connectivity index (χ4v) is 1.97. The van der Waals surface area contributed by atoms with Gasteiger partial charge in [-0.05, 0) is 7.05 Å². The van der Waals surface area contributed by atoms with Gasteiger partial charge in [0.1, 0.15) is 0 Å². The first-order valence-corrected chi connectivity index (χ1v) is 6.11. The maximum Gasteiger partial charge on any atom is 0.0558 e. The number of rotatable bonds is 7. The quantitative estimate of drug-likeness (QED) is 0.560. The SMILES string of the molecule is CN(CCO)CCN1CCN(CCO)CC1. The zero-order valence-corrected chi connectivity index (χ0v) is 10.3. The molecule has 1 rings (SSSR count). The van der Waals surface area contributed by atoms with Gasteiger partial charge in [-0.1, -0.05) is 0 Å². The Morgan fingerprint density at radius 3 is 1.94 bits per heavy atom. The molecular weight excluding hydrogens is 206 g/mol. The lowest BCUT2D eigenvalue weighted by atomic mass is 10.3. The van der Waals surface area contributed by atoms with Crippen molar-refractivity contribution in [2.24, 2.45) is 0 Å². The fourth-order valence-electron chi connectivity index (χ4n) is 1.97. The van der Waals surface area contributed by atoms with Gasteiger partial charge in [-0.2, -0.15) is 0 Å². The van der Waals surface area contributed by atoms with Gasteiger partial charge >= 0.3 is 0 Å². The van der Waals surface area contributed by atoms with E-state index in [1.165, 1.54) is 0 Å². The van der Waals surface area contributed by atoms with Crippen molar-refractivity contribution in [1.29, 1.82) is 0 Å². The Morgan fingerprint density at radius 2 is 1.44 bits per heavy atom. The van der Waals surface area contributed by atoms with Crippen molar-refractivity contribution in [1.82, 2.24) is 14.7 Å². The number of hydrogen-bond donors (Lipinski definition) is 2. The third-order valence-corrected chi connectivity index (χ3v) is 3.16. The summed E-state index contributed by atoms with van der Waals surface area (Å²) in [5.41, 5.74) is 0. The highest BCUT2D eigenvalue weighted by atomic mass is 16.3. The number of hydrogen-bond acceptors (Lipinski definition) is 5. The molecule has 1 aliphatic heterocycles. The topological polar surface area (TPSA) is 50.2 Å². The Bertz CT molecular complexity index is 173. The summed E-state index contributed by atoms with van der Waals surface area (Å²) in [4.78, 5) is 6.90. The summed E-state index contributed by atoms with van der Waals surface area (Å²) in [5, 5.41) is 17.6. The van der Waals surface area contributed by atoms with Gasteiger partial charge in [-0.3, -0.25) is 9.80 Å². The Balaban J connectivity index is 2.07. The minimum Gasteiger partial charge on any atom is -0.395 e. The lowest BCUT2D eigenvalue weighted by Crippen LogP contribution is -2.48. The number of aliphatic hydroxyl groups excluding tert-OH is 2. The zero-order valence-electron chi connectivity index (χ0n) is 10.3. The number of piperazine rings is 1. The van der Waals surface area contributed by atoms with Crippen LogP contribution in [0.3, 0.4) is 0 Å². The van der Waals surface area contributed by atoms with Crippen molar-refractivity contribution < 1.29 is 10.2 Å². The zero-order chi connectivity index (χ0) is 11.8. The van der Waals surface area contributed by atoms with Crippen molar-refractivity contribution in [2.45, 2.75) is 0 Å². The summed E-state index contributed by atoms with van der Waals surface area (Å²) in [5.74, 6) is 0. The van der Waals surface area contributed by atoms with Crippen LogP contribution in [0.1, 0.15) is 0 Å². The number of likely N-dealkylation sites (N-methyl/N-ethyl adjacent to an activating group) is 1. The molecule has 1 fully saturated rings. The van der Waals surface area contributed by atoms with Crippen molar-refractivity contribution in [3.63, 3.8) is 0 Å². The molecule has 0 aromatic heterocycles. The van der Waals surface area contributed by atoms with Crippen molar-refractivity contribution in [3.05, 3.63) is 0 Å². The van der Waals surface area contributed by atoms with Crippen LogP contribution in [0.2, 0.25) is 0 Å². The Kier molecular flexibility index (Phi) is 6.91. The van der Waals surface area contributed by atoms with Gasteiger partial charge in [0.05, 0.1) is 13.2 Å². The number of β-amino-alcohol motifs (C(OH)–C–C–N with tert-alkyl or cyclic N) is 1. The van der Waals surface area contributed by atoms with Crippen LogP contribution in [0.25, 0.3) is 0 Å². The van der Waals surface area contributed by atoms with E-state index in [0.29, 0.717) is 0 Å². The molecule has 0 atom stereocenters. The monoisotopic (exact) mass is 231 g/mol. The minimum absolute atomic E-state index is 0.237. The van der Waals surface area contributed by atoms with Gasteiger partial charge in [0.25, 0.3) is 0 Å². The second-order valence-electron chi connectivity index (χ2n) is 4.43. The van der Waals surface area contributed by atoms with E-state index in [-0.39, 0.29) is 13.2 Å². The van der Waals surface area contributed by atoms with E-state index in [1.54, 1.807) is 0 Å². The molecule has 5 heteroatoms. The molecule has 0 saturated carbocycles. The predicted molar refractivity (Wildman–Crippen MR) is 64.5 cm³/mol. The van der Waals surface area contributed by atoms with Crippen LogP contribution in [-0.4, -0.2) is 97.5 Å². The van der Waals surface area contributed by atoms with Gasteiger partial charge in [0.2, 0.25) is 0 Å². The summed E-state index contributed by atoms with van der Waals surface area (Å²) in [6.07, 6.45) is 0. The summed E-state index contributed by atoms with van der Waals surface area (Å²) in [6.45, 7) is 8.45. The van der Waals surface area contributed by atoms with Crippen LogP contribution in [-0.2, 0) is 0 Å². The first kappa shape index (κ1) is 13.9. The Labute approximate surface area is 98.3 Å². The lowest BCUT2D eigenvalue weighted by Gasteiger charge is -2.35. The molecule has 0 bridgehead atoms. The predicted octanol–water partition coefficient (Wildman–Crippen LogP) is -1.48. The fraction of sp³-hybridized carbons (Fsp3) is 1.00. The minimum atomic E-state index is 0.237. The largest absolute Gasteiger partial charge is 0.395 e. The van der Waals surface area contributed by atoms with E-state index in [2.05, 4.69) is 14.7 Å². The average molecular weight is 231 g/mol. The molecule has 0 unspecified atom stereocenters. The first-order valence-electron chi connectivity index (χ1n) is 6.11. The van der Waals surface area contributed by atoms with Crippen LogP contribution in [0, 0.1) is 0 Å². The molecule has 2 N–H and O–H groups in total. The molecule has 0 aromatic carbocycles. The van der Waals surface area contributed by atoms with Crippen molar-refractivity contribution >= 4 is 0 Å². The third kappa shape index (κ3) is 5.23. The molecule has 1 aliphatic rings. The van der Waals surface area contributed by atoms with Crippen LogP contribution >= 0.6 is 0 Å². The Hall–Kier alpha value is -0.200. The highest BCUT2D eigenvalue weighted by molar-refractivity contribution is 4.72. The van der Waals surface area contributed by atoms with Crippen molar-refractivity contribution in [3.8, 4) is 0 Å². The summed E-state index contributed by atoms with van der Waals surface area (Å²) in [6, 6.07) is 0. The van der Waals surface area contributed by atoms with Crippen LogP contribution in [0.4, 0.5) is 0 Å². The molecule has 16 heavy (non-hydrogen) atoms. The molecule has 0 amide bonds. The van der Waals surface area contributed by atoms with Crippen LogP contribution in [0.5, 0.6) is 0 Å². The van der Waals surface area contributed by atoms with Crippen LogP contribution in [0.15, 0.2) is 0 Å². The molecule has 0 aliphatic carbocycles. The highest BCUT2D eigenvalue weighted by Crippen LogP contribution is 2.00. The number of nitrogens with zero attached hydrogens (tertiary/aromatic N) is 3. The second-order valence-corrected chi connectivity index (χ2v) is 4.43. The molecule has 0 radical (unpaired) electrons. The first-order chi connectivity index (χ1) is 7.76. The van der Waals surface area contributed by atoms with Gasteiger partial charge in [-0.25, -0.2) is 0 Å². The van der Waals surface area contributed by atoms with Gasteiger partial charge in [0.15, 0.2) is 0 Å². The summed E-state index contributed by atoms with van der Waals surface area (Å²) >= 11 is 0. The van der Waals surface area contributed by atoms with Gasteiger partial charge in [-0.15, -0.1) is 0 Å². The summed E-state index contributed by atoms with van der Waals surface area (Å²) < 4.78 is 0. The van der Waals surface area contributed by atoms with E-state index in [4.69, 9.17) is 10.2 Å². The summed E-state index contributed by atoms with van der Waals surface area (Å²) in [7, 11) is 2.04. The van der Waals surface area contributed by atoms with E-state index >= 15 is 0 Å². The van der Waals surface area contributed by atoms with Crippen molar-refractivity contribution in [2.75, 3.05) is 72.6 Å². The van der Waals surface area contributed by atoms with Gasteiger partial charge in [0, 0.05) is 52.4 Å². The molecule has 1 saturated heterocycles. The number of aliphatic hydroxyl groups is 2. The molecule has 0 spiro atoms. The standard InChI is InChI=1S/C11H25N3O2/c1-12(8-10-15)2-3-13-4-6-14(7-5-13)9-11-16/h15-16H,2-11H2,1H3. The van der Waals surface area contributed by atoms with E-state index < -0.39 is 0 Å². The Morgan fingerprint density at radius 1 is 0.875 bits per heavy atom. The van der Waals surface area contributed by atoms with E-state index in [1.807, 2.05) is 7.05 Å². The lowest BCUT2D eigenvalue weighted by molar-refractivity contribution is 0.103. The maximum atomic E-state index is 8.83. The molecule has 1 heterocycles. The third-order valence-electron chi connectivity index (χ3n) is 3.16. The van der Waals surface area contributed by atoms with E-state index in [9.17, 15) is 0 Å². The smallest absolute Gasteiger partial charge is 0.0558 e. The second kappa shape index (κ2) is 7.97. The average Bonchev–Trinajstić information content (AvgIpc) is 2.29. The highest BCUT2D eigenvalue weighted by Gasteiger charge is 2.15. The van der Waals surface area contributed by atoms with Gasteiger partial charge < -0.3 is 15.1 Å². The molecular formula is C11H25N3O2.